The normalized spacial score (nSPS) is 17.5. The van der Waals surface area contributed by atoms with E-state index in [0.29, 0.717) is 33.0 Å². The lowest BCUT2D eigenvalue weighted by Crippen LogP contribution is -2.47. The maximum atomic E-state index is 14.5. The largest absolute Gasteiger partial charge is 0.271 e. The second-order valence-corrected chi connectivity index (χ2v) is 17.6. The number of amides is 4. The predicted octanol–water partition coefficient (Wildman–Crippen LogP) is 12.1. The first-order valence-electron chi connectivity index (χ1n) is 22.7. The number of rotatable bonds is 15. The summed E-state index contributed by atoms with van der Waals surface area (Å²) in [6.45, 7) is 4.74. The minimum absolute atomic E-state index is 0.0821. The van der Waals surface area contributed by atoms with Gasteiger partial charge in [0.05, 0.1) is 36.9 Å². The number of para-hydroxylation sites is 1. The van der Waals surface area contributed by atoms with Gasteiger partial charge in [-0.05, 0) is 92.7 Å². The van der Waals surface area contributed by atoms with Crippen LogP contribution in [0.25, 0.3) is 43.1 Å². The van der Waals surface area contributed by atoms with Crippen LogP contribution in [0.15, 0.2) is 103 Å². The number of carbonyl (C=O) groups excluding carboxylic acids is 4. The lowest BCUT2D eigenvalue weighted by Gasteiger charge is -2.35. The molecule has 3 heterocycles. The molecule has 0 spiro atoms. The van der Waals surface area contributed by atoms with Gasteiger partial charge in [-0.2, -0.15) is 5.26 Å². The smallest absolute Gasteiger partial charge is 0.261 e. The molecule has 1 saturated heterocycles. The molecule has 9 nitrogen and oxygen atoms in total. The number of fused-ring (bicyclic) bond motifs is 2. The van der Waals surface area contributed by atoms with Crippen molar-refractivity contribution in [2.45, 2.75) is 96.7 Å². The van der Waals surface area contributed by atoms with E-state index in [4.69, 9.17) is 4.84 Å². The highest BCUT2D eigenvalue weighted by Crippen LogP contribution is 2.47. The number of imide groups is 2. The molecule has 7 aromatic carbocycles. The summed E-state index contributed by atoms with van der Waals surface area (Å²) in [6.07, 6.45) is 10.3. The fourth-order valence-corrected chi connectivity index (χ4v) is 10.6. The third-order valence-electron chi connectivity index (χ3n) is 13.8. The molecule has 2 atom stereocenters. The Labute approximate surface area is 367 Å². The fraction of sp³-hybridized carbons (Fsp3) is 0.315. The Morgan fingerprint density at radius 2 is 1.08 bits per heavy atom. The first-order chi connectivity index (χ1) is 30.8. The second kappa shape index (κ2) is 16.6. The van der Waals surface area contributed by atoms with Crippen LogP contribution < -0.4 is 5.06 Å². The number of nitriles is 1. The van der Waals surface area contributed by atoms with Crippen molar-refractivity contribution >= 4 is 72.4 Å². The molecular weight excluding hydrogens is 785 g/mol. The van der Waals surface area contributed by atoms with Crippen LogP contribution in [0.2, 0.25) is 0 Å². The number of hydroxylamine groups is 1. The van der Waals surface area contributed by atoms with Crippen molar-refractivity contribution in [3.8, 4) is 6.07 Å². The zero-order valence-corrected chi connectivity index (χ0v) is 35.9. The molecule has 0 saturated carbocycles. The maximum absolute atomic E-state index is 14.5. The summed E-state index contributed by atoms with van der Waals surface area (Å²) in [5.41, 5.74) is 4.56. The van der Waals surface area contributed by atoms with Crippen LogP contribution in [0.4, 0.5) is 5.69 Å². The van der Waals surface area contributed by atoms with Crippen LogP contribution in [0, 0.1) is 17.2 Å². The Kier molecular flexibility index (Phi) is 10.6. The highest BCUT2D eigenvalue weighted by molar-refractivity contribution is 6.41. The van der Waals surface area contributed by atoms with Crippen molar-refractivity contribution in [1.29, 1.82) is 5.26 Å². The maximum Gasteiger partial charge on any atom is 0.261 e. The SMILES string of the molecule is CCCCCCC(CCCCCC)N1C(=O)c2ccc3c4ccc5c6c(ccc(c7ccc(c2c37)C1=O)c64)C(=O)N(Cc1ccc(C2[C@@H](C#N)CON2c2ccccc2)cc1)C5=O. The van der Waals surface area contributed by atoms with E-state index in [1.165, 1.54) is 4.90 Å². The van der Waals surface area contributed by atoms with Crippen molar-refractivity contribution in [3.05, 3.63) is 137 Å². The second-order valence-electron chi connectivity index (χ2n) is 17.6. The summed E-state index contributed by atoms with van der Waals surface area (Å²) in [5, 5.41) is 18.2. The van der Waals surface area contributed by atoms with Crippen LogP contribution in [-0.2, 0) is 11.4 Å². The Hall–Kier alpha value is -6.63. The van der Waals surface area contributed by atoms with Crippen molar-refractivity contribution < 1.29 is 24.0 Å². The van der Waals surface area contributed by atoms with Gasteiger partial charge in [-0.15, -0.1) is 0 Å². The van der Waals surface area contributed by atoms with Gasteiger partial charge in [-0.3, -0.25) is 33.8 Å². The molecule has 63 heavy (non-hydrogen) atoms. The van der Waals surface area contributed by atoms with Gasteiger partial charge in [-0.25, -0.2) is 5.06 Å². The zero-order valence-electron chi connectivity index (χ0n) is 35.9. The van der Waals surface area contributed by atoms with Gasteiger partial charge in [0, 0.05) is 39.1 Å². The summed E-state index contributed by atoms with van der Waals surface area (Å²) in [7, 11) is 0. The first-order valence-corrected chi connectivity index (χ1v) is 22.7. The minimum atomic E-state index is -0.373. The van der Waals surface area contributed by atoms with E-state index < -0.39 is 0 Å². The lowest BCUT2D eigenvalue weighted by molar-refractivity contribution is 0.0514. The number of nitrogens with zero attached hydrogens (tertiary/aromatic N) is 4. The minimum Gasteiger partial charge on any atom is -0.271 e. The van der Waals surface area contributed by atoms with Gasteiger partial charge in [0.25, 0.3) is 23.6 Å². The molecular formula is C54H50N4O5. The standard InChI is InChI=1S/C54H50N4O5/c1-3-5-7-10-14-36(15-11-8-6-4-2)57-53(61)44-28-24-40-38-22-26-42-48-43(27-23-39(46(38)48)41-25-29-45(54(57)62)49(44)47(40)41)52(60)56(51(42)59)31-33-18-20-34(21-19-33)50-35(30-55)32-63-58(50)37-16-12-9-13-17-37/h9,12-13,16-29,35-36,50H,3-8,10-11,14-15,31-32H2,1-2H3/t35-,50?/m0/s1. The Morgan fingerprint density at radius 1 is 0.587 bits per heavy atom. The van der Waals surface area contributed by atoms with Crippen molar-refractivity contribution in [1.82, 2.24) is 9.80 Å². The molecule has 0 radical (unpaired) electrons. The van der Waals surface area contributed by atoms with E-state index in [0.717, 1.165) is 113 Å². The molecule has 1 unspecified atom stereocenters. The molecule has 0 aliphatic carbocycles. The molecule has 3 aliphatic heterocycles. The molecule has 7 aromatic rings. The lowest BCUT2D eigenvalue weighted by atomic mass is 9.82. The topological polar surface area (TPSA) is 111 Å². The number of hydrogen-bond acceptors (Lipinski definition) is 7. The zero-order chi connectivity index (χ0) is 43.4. The predicted molar refractivity (Wildman–Crippen MR) is 247 cm³/mol. The fourth-order valence-electron chi connectivity index (χ4n) is 10.6. The molecule has 4 amide bonds. The highest BCUT2D eigenvalue weighted by Gasteiger charge is 2.40. The van der Waals surface area contributed by atoms with E-state index in [1.54, 1.807) is 9.96 Å². The van der Waals surface area contributed by atoms with E-state index in [2.05, 4.69) is 19.9 Å². The van der Waals surface area contributed by atoms with Crippen molar-refractivity contribution in [2.24, 2.45) is 5.92 Å². The van der Waals surface area contributed by atoms with Crippen LogP contribution in [0.5, 0.6) is 0 Å². The molecule has 0 aromatic heterocycles. The Balaban J connectivity index is 0.980. The number of hydrogen-bond donors (Lipinski definition) is 0. The Morgan fingerprint density at radius 3 is 1.56 bits per heavy atom. The van der Waals surface area contributed by atoms with Crippen LogP contribution in [0.3, 0.4) is 0 Å². The van der Waals surface area contributed by atoms with E-state index >= 15 is 0 Å². The molecule has 3 aliphatic rings. The first kappa shape index (κ1) is 40.4. The van der Waals surface area contributed by atoms with Gasteiger partial charge in [0.15, 0.2) is 0 Å². The summed E-state index contributed by atoms with van der Waals surface area (Å²) in [6, 6.07) is 34.6. The third kappa shape index (κ3) is 6.62. The monoisotopic (exact) mass is 834 g/mol. The van der Waals surface area contributed by atoms with Gasteiger partial charge < -0.3 is 0 Å². The summed E-state index contributed by atoms with van der Waals surface area (Å²) in [5.74, 6) is -1.54. The Bertz CT molecular complexity index is 2860. The van der Waals surface area contributed by atoms with Crippen molar-refractivity contribution in [2.75, 3.05) is 11.7 Å². The summed E-state index contributed by atoms with van der Waals surface area (Å²) >= 11 is 0. The van der Waals surface area contributed by atoms with Gasteiger partial charge in [0.1, 0.15) is 0 Å². The van der Waals surface area contributed by atoms with E-state index in [1.807, 2.05) is 103 Å². The number of anilines is 1. The molecule has 9 heteroatoms. The van der Waals surface area contributed by atoms with Crippen LogP contribution in [0.1, 0.15) is 137 Å². The summed E-state index contributed by atoms with van der Waals surface area (Å²) < 4.78 is 0. The van der Waals surface area contributed by atoms with Crippen molar-refractivity contribution in [3.63, 3.8) is 0 Å². The number of carbonyl (C=O) groups is 4. The van der Waals surface area contributed by atoms with Crippen LogP contribution in [-0.4, -0.2) is 46.1 Å². The molecule has 0 N–H and O–H groups in total. The van der Waals surface area contributed by atoms with E-state index in [-0.39, 0.29) is 54.8 Å². The van der Waals surface area contributed by atoms with Crippen LogP contribution >= 0.6 is 0 Å². The highest BCUT2D eigenvalue weighted by atomic mass is 16.7. The van der Waals surface area contributed by atoms with Gasteiger partial charge >= 0.3 is 0 Å². The number of benzene rings is 7. The third-order valence-corrected chi connectivity index (χ3v) is 13.8. The average Bonchev–Trinajstić information content (AvgIpc) is 3.75. The average molecular weight is 835 g/mol. The molecule has 1 fully saturated rings. The molecule has 10 rings (SSSR count). The quantitative estimate of drug-likeness (QED) is 0.0437. The molecule has 0 bridgehead atoms. The van der Waals surface area contributed by atoms with E-state index in [9.17, 15) is 24.4 Å². The molecule has 316 valence electrons. The number of unbranched alkanes of at least 4 members (excludes halogenated alkanes) is 6. The van der Waals surface area contributed by atoms with Gasteiger partial charge in [-0.1, -0.05) is 132 Å². The summed E-state index contributed by atoms with van der Waals surface area (Å²) in [4.78, 5) is 66.7. The van der Waals surface area contributed by atoms with Gasteiger partial charge in [0.2, 0.25) is 0 Å².